The molecule has 0 bridgehead atoms. The van der Waals surface area contributed by atoms with E-state index in [4.69, 9.17) is 4.74 Å². The van der Waals surface area contributed by atoms with Gasteiger partial charge in [0.1, 0.15) is 0 Å². The third-order valence-corrected chi connectivity index (χ3v) is 3.68. The van der Waals surface area contributed by atoms with Crippen molar-refractivity contribution in [2.45, 2.75) is 51.7 Å². The Morgan fingerprint density at radius 3 is 2.89 bits per heavy atom. The summed E-state index contributed by atoms with van der Waals surface area (Å²) in [6, 6.07) is 0. The van der Waals surface area contributed by atoms with Gasteiger partial charge in [0.2, 0.25) is 0 Å². The van der Waals surface area contributed by atoms with Crippen LogP contribution in [0.1, 0.15) is 40.0 Å². The van der Waals surface area contributed by atoms with Gasteiger partial charge in [-0.25, -0.2) is 0 Å². The average Bonchev–Trinajstić information content (AvgIpc) is 2.36. The van der Waals surface area contributed by atoms with Gasteiger partial charge < -0.3 is 15.2 Å². The van der Waals surface area contributed by atoms with Crippen LogP contribution in [0.25, 0.3) is 0 Å². The minimum absolute atomic E-state index is 0.117. The Morgan fingerprint density at radius 1 is 1.50 bits per heavy atom. The lowest BCUT2D eigenvalue weighted by atomic mass is 9.96. The number of rotatable bonds is 8. The van der Waals surface area contributed by atoms with Gasteiger partial charge in [0.25, 0.3) is 0 Å². The first kappa shape index (κ1) is 15.9. The molecular formula is C14H30N2O2. The zero-order chi connectivity index (χ0) is 13.4. The van der Waals surface area contributed by atoms with E-state index in [9.17, 15) is 5.11 Å². The molecule has 4 heteroatoms. The first-order chi connectivity index (χ1) is 8.59. The third-order valence-electron chi connectivity index (χ3n) is 3.68. The van der Waals surface area contributed by atoms with Crippen LogP contribution in [0, 0.1) is 0 Å². The summed E-state index contributed by atoms with van der Waals surface area (Å²) in [6.45, 7) is 11.6. The molecule has 2 atom stereocenters. The summed E-state index contributed by atoms with van der Waals surface area (Å²) in [7, 11) is 0. The number of hydrogen-bond donors (Lipinski definition) is 2. The average molecular weight is 258 g/mol. The summed E-state index contributed by atoms with van der Waals surface area (Å²) >= 11 is 0. The molecule has 1 fully saturated rings. The monoisotopic (exact) mass is 258 g/mol. The molecule has 0 saturated carbocycles. The molecule has 0 aromatic carbocycles. The van der Waals surface area contributed by atoms with E-state index in [0.29, 0.717) is 6.10 Å². The largest absolute Gasteiger partial charge is 0.394 e. The van der Waals surface area contributed by atoms with Crippen LogP contribution in [0.5, 0.6) is 0 Å². The van der Waals surface area contributed by atoms with Gasteiger partial charge in [-0.05, 0) is 46.2 Å². The fourth-order valence-electron chi connectivity index (χ4n) is 2.44. The molecule has 0 amide bonds. The second-order valence-electron chi connectivity index (χ2n) is 5.73. The van der Waals surface area contributed by atoms with Crippen molar-refractivity contribution in [3.63, 3.8) is 0 Å². The zero-order valence-electron chi connectivity index (χ0n) is 12.2. The van der Waals surface area contributed by atoms with Crippen molar-refractivity contribution in [2.24, 2.45) is 0 Å². The molecule has 1 rings (SSSR count). The minimum atomic E-state index is -0.117. The van der Waals surface area contributed by atoms with Gasteiger partial charge in [-0.2, -0.15) is 0 Å². The van der Waals surface area contributed by atoms with Gasteiger partial charge in [-0.3, -0.25) is 4.90 Å². The Morgan fingerprint density at radius 2 is 2.28 bits per heavy atom. The normalized spacial score (nSPS) is 25.0. The second-order valence-corrected chi connectivity index (χ2v) is 5.73. The van der Waals surface area contributed by atoms with Crippen molar-refractivity contribution in [1.82, 2.24) is 10.2 Å². The molecule has 0 aliphatic carbocycles. The topological polar surface area (TPSA) is 44.7 Å². The van der Waals surface area contributed by atoms with Crippen molar-refractivity contribution in [2.75, 3.05) is 39.4 Å². The summed E-state index contributed by atoms with van der Waals surface area (Å²) in [4.78, 5) is 2.46. The number of hydrogen-bond acceptors (Lipinski definition) is 4. The molecule has 18 heavy (non-hydrogen) atoms. The van der Waals surface area contributed by atoms with Crippen LogP contribution in [-0.2, 0) is 4.74 Å². The summed E-state index contributed by atoms with van der Waals surface area (Å²) < 4.78 is 5.54. The molecule has 4 nitrogen and oxygen atoms in total. The maximum atomic E-state index is 9.49. The number of ether oxygens (including phenoxy) is 1. The van der Waals surface area contributed by atoms with Gasteiger partial charge in [-0.1, -0.05) is 6.92 Å². The van der Waals surface area contributed by atoms with Crippen molar-refractivity contribution in [3.05, 3.63) is 0 Å². The summed E-state index contributed by atoms with van der Waals surface area (Å²) in [6.07, 6.45) is 3.62. The summed E-state index contributed by atoms with van der Waals surface area (Å²) in [5.41, 5.74) is -0.117. The number of aliphatic hydroxyl groups excluding tert-OH is 1. The van der Waals surface area contributed by atoms with E-state index in [2.05, 4.69) is 31.0 Å². The fourth-order valence-corrected chi connectivity index (χ4v) is 2.44. The van der Waals surface area contributed by atoms with Crippen molar-refractivity contribution < 1.29 is 9.84 Å². The molecular weight excluding hydrogens is 228 g/mol. The van der Waals surface area contributed by atoms with Gasteiger partial charge in [0.15, 0.2) is 0 Å². The molecule has 2 unspecified atom stereocenters. The van der Waals surface area contributed by atoms with E-state index in [1.54, 1.807) is 0 Å². The molecule has 1 heterocycles. The van der Waals surface area contributed by atoms with Crippen LogP contribution in [0.2, 0.25) is 0 Å². The number of nitrogens with one attached hydrogen (secondary N) is 1. The lowest BCUT2D eigenvalue weighted by Crippen LogP contribution is -2.47. The van der Waals surface area contributed by atoms with E-state index < -0.39 is 0 Å². The van der Waals surface area contributed by atoms with E-state index in [1.807, 2.05) is 0 Å². The highest BCUT2D eigenvalue weighted by Gasteiger charge is 2.23. The minimum Gasteiger partial charge on any atom is -0.394 e. The third kappa shape index (κ3) is 5.65. The fraction of sp³-hybridized carbons (Fsp3) is 1.00. The quantitative estimate of drug-likeness (QED) is 0.687. The number of morpholine rings is 1. The molecule has 1 aliphatic rings. The Hall–Kier alpha value is -0.160. The van der Waals surface area contributed by atoms with Crippen LogP contribution >= 0.6 is 0 Å². The molecule has 108 valence electrons. The molecule has 0 radical (unpaired) electrons. The molecule has 0 aromatic heterocycles. The lowest BCUT2D eigenvalue weighted by Gasteiger charge is -2.33. The standard InChI is InChI=1S/C14H30N2O2/c1-4-7-15-14(3,12-17)6-5-8-16-9-10-18-13(2)11-16/h13,15,17H,4-12H2,1-3H3. The van der Waals surface area contributed by atoms with Crippen molar-refractivity contribution in [1.29, 1.82) is 0 Å². The van der Waals surface area contributed by atoms with Gasteiger partial charge in [0, 0.05) is 18.6 Å². The molecule has 0 aromatic rings. The Bertz CT molecular complexity index is 226. The Labute approximate surface area is 112 Å². The number of aliphatic hydroxyl groups is 1. The van der Waals surface area contributed by atoms with Crippen LogP contribution in [0.4, 0.5) is 0 Å². The molecule has 0 spiro atoms. The zero-order valence-corrected chi connectivity index (χ0v) is 12.2. The molecule has 1 saturated heterocycles. The van der Waals surface area contributed by atoms with Crippen molar-refractivity contribution >= 4 is 0 Å². The van der Waals surface area contributed by atoms with Gasteiger partial charge in [-0.15, -0.1) is 0 Å². The molecule has 2 N–H and O–H groups in total. The Balaban J connectivity index is 2.21. The van der Waals surface area contributed by atoms with Crippen LogP contribution < -0.4 is 5.32 Å². The number of nitrogens with zero attached hydrogens (tertiary/aromatic N) is 1. The maximum Gasteiger partial charge on any atom is 0.0674 e. The summed E-state index contributed by atoms with van der Waals surface area (Å²) in [5.74, 6) is 0. The van der Waals surface area contributed by atoms with Gasteiger partial charge in [0.05, 0.1) is 19.3 Å². The van der Waals surface area contributed by atoms with Crippen molar-refractivity contribution in [3.8, 4) is 0 Å². The highest BCUT2D eigenvalue weighted by Crippen LogP contribution is 2.13. The lowest BCUT2D eigenvalue weighted by molar-refractivity contribution is -0.0193. The van der Waals surface area contributed by atoms with Crippen LogP contribution in [-0.4, -0.2) is 61.0 Å². The predicted octanol–water partition coefficient (Wildman–Crippen LogP) is 1.24. The highest BCUT2D eigenvalue weighted by molar-refractivity contribution is 4.82. The van der Waals surface area contributed by atoms with E-state index >= 15 is 0 Å². The van der Waals surface area contributed by atoms with E-state index in [0.717, 1.165) is 52.0 Å². The van der Waals surface area contributed by atoms with Crippen LogP contribution in [0.15, 0.2) is 0 Å². The first-order valence-corrected chi connectivity index (χ1v) is 7.29. The summed E-state index contributed by atoms with van der Waals surface area (Å²) in [5, 5.41) is 12.9. The SMILES string of the molecule is CCCNC(C)(CO)CCCN1CCOC(C)C1. The molecule has 1 aliphatic heterocycles. The highest BCUT2D eigenvalue weighted by atomic mass is 16.5. The maximum absolute atomic E-state index is 9.49. The van der Waals surface area contributed by atoms with E-state index in [-0.39, 0.29) is 12.1 Å². The smallest absolute Gasteiger partial charge is 0.0674 e. The van der Waals surface area contributed by atoms with Gasteiger partial charge >= 0.3 is 0 Å². The van der Waals surface area contributed by atoms with E-state index in [1.165, 1.54) is 0 Å². The Kier molecular flexibility index (Phi) is 7.15. The second kappa shape index (κ2) is 8.10. The van der Waals surface area contributed by atoms with Crippen LogP contribution in [0.3, 0.4) is 0 Å². The predicted molar refractivity (Wildman–Crippen MR) is 74.9 cm³/mol. The first-order valence-electron chi connectivity index (χ1n) is 7.29.